The number of nitro groups is 1. The monoisotopic (exact) mass is 415 g/mol. The van der Waals surface area contributed by atoms with Crippen LogP contribution in [0.4, 0.5) is 11.4 Å². The normalized spacial score (nSPS) is 11.6. The second kappa shape index (κ2) is 8.52. The average molecular weight is 415 g/mol. The van der Waals surface area contributed by atoms with Gasteiger partial charge in [-0.2, -0.15) is 5.10 Å². The van der Waals surface area contributed by atoms with Gasteiger partial charge in [0.05, 0.1) is 21.9 Å². The Morgan fingerprint density at radius 3 is 2.69 bits per heavy atom. The lowest BCUT2D eigenvalue weighted by molar-refractivity contribution is -0.384. The highest BCUT2D eigenvalue weighted by Crippen LogP contribution is 2.14. The maximum atomic E-state index is 12.2. The molecule has 1 aromatic carbocycles. The van der Waals surface area contributed by atoms with Gasteiger partial charge in [-0.05, 0) is 42.0 Å². The summed E-state index contributed by atoms with van der Waals surface area (Å²) in [4.78, 5) is 21.9. The van der Waals surface area contributed by atoms with Crippen LogP contribution in [0, 0.1) is 10.1 Å². The van der Waals surface area contributed by atoms with Crippen molar-refractivity contribution in [2.75, 3.05) is 17.0 Å². The highest BCUT2D eigenvalue weighted by atomic mass is 32.2. The van der Waals surface area contributed by atoms with E-state index in [1.807, 2.05) is 0 Å². The van der Waals surface area contributed by atoms with E-state index in [4.69, 9.17) is 0 Å². The zero-order valence-corrected chi connectivity index (χ0v) is 15.9. The summed E-state index contributed by atoms with van der Waals surface area (Å²) in [6.45, 7) is -0.0757. The van der Waals surface area contributed by atoms with Gasteiger partial charge in [0.2, 0.25) is 15.9 Å². The molecule has 0 bridgehead atoms. The van der Waals surface area contributed by atoms with Crippen LogP contribution in [0.15, 0.2) is 60.9 Å². The molecule has 0 fully saturated rings. The second-order valence-corrected chi connectivity index (χ2v) is 7.85. The highest BCUT2D eigenvalue weighted by molar-refractivity contribution is 7.92. The van der Waals surface area contributed by atoms with Crippen molar-refractivity contribution >= 4 is 38.9 Å². The fraction of sp³-hybridized carbons (Fsp3) is 0.111. The number of aromatic nitrogens is 2. The Morgan fingerprint density at radius 1 is 1.21 bits per heavy atom. The molecule has 3 rings (SSSR count). The summed E-state index contributed by atoms with van der Waals surface area (Å²) in [6.07, 6.45) is 5.95. The maximum absolute atomic E-state index is 12.2. The van der Waals surface area contributed by atoms with Gasteiger partial charge in [-0.3, -0.25) is 19.6 Å². The van der Waals surface area contributed by atoms with Crippen molar-refractivity contribution in [1.29, 1.82) is 0 Å². The topological polar surface area (TPSA) is 136 Å². The van der Waals surface area contributed by atoms with Crippen LogP contribution in [-0.2, 0) is 14.8 Å². The first-order valence-corrected chi connectivity index (χ1v) is 10.1. The number of pyridine rings is 1. The van der Waals surface area contributed by atoms with Crippen molar-refractivity contribution in [3.63, 3.8) is 0 Å². The summed E-state index contributed by atoms with van der Waals surface area (Å²) in [5, 5.41) is 17.1. The Morgan fingerprint density at radius 2 is 1.97 bits per heavy atom. The van der Waals surface area contributed by atoms with Crippen LogP contribution in [0.5, 0.6) is 0 Å². The van der Waals surface area contributed by atoms with Gasteiger partial charge in [-0.1, -0.05) is 0 Å². The molecule has 2 aromatic heterocycles. The van der Waals surface area contributed by atoms with Crippen LogP contribution in [0.1, 0.15) is 5.56 Å². The molecular weight excluding hydrogens is 398 g/mol. The van der Waals surface area contributed by atoms with E-state index in [0.29, 0.717) is 11.3 Å². The highest BCUT2D eigenvalue weighted by Gasteiger charge is 2.11. The Kier molecular flexibility index (Phi) is 5.88. The van der Waals surface area contributed by atoms with Crippen molar-refractivity contribution in [2.24, 2.45) is 0 Å². The lowest BCUT2D eigenvalue weighted by Crippen LogP contribution is -2.30. The molecule has 0 aliphatic rings. The largest absolute Gasteiger partial charge is 0.351 e. The number of rotatable bonds is 8. The zero-order chi connectivity index (χ0) is 20.9. The number of hydrogen-bond acceptors (Lipinski definition) is 6. The molecule has 0 aliphatic carbocycles. The lowest BCUT2D eigenvalue weighted by atomic mass is 10.2. The molecule has 150 valence electrons. The van der Waals surface area contributed by atoms with E-state index >= 15 is 0 Å². The maximum Gasteiger partial charge on any atom is 0.269 e. The van der Waals surface area contributed by atoms with Crippen molar-refractivity contribution in [1.82, 2.24) is 14.9 Å². The van der Waals surface area contributed by atoms with Crippen molar-refractivity contribution in [3.05, 3.63) is 76.6 Å². The molecule has 0 saturated carbocycles. The van der Waals surface area contributed by atoms with E-state index < -0.39 is 20.9 Å². The molecule has 0 spiro atoms. The first-order chi connectivity index (χ1) is 13.8. The van der Waals surface area contributed by atoms with E-state index in [1.54, 1.807) is 35.1 Å². The Balaban J connectivity index is 1.48. The minimum atomic E-state index is -3.64. The fourth-order valence-corrected chi connectivity index (χ4v) is 3.42. The Labute approximate surface area is 166 Å². The van der Waals surface area contributed by atoms with Crippen molar-refractivity contribution < 1.29 is 18.1 Å². The number of carbonyl (C=O) groups excluding carboxylic acids is 1. The smallest absolute Gasteiger partial charge is 0.269 e. The third-order valence-corrected chi connectivity index (χ3v) is 5.16. The third-order valence-electron chi connectivity index (χ3n) is 3.87. The first-order valence-electron chi connectivity index (χ1n) is 8.47. The molecule has 0 radical (unpaired) electrons. The molecule has 0 saturated heterocycles. The van der Waals surface area contributed by atoms with Crippen molar-refractivity contribution in [3.8, 4) is 0 Å². The molecule has 10 nitrogen and oxygen atoms in total. The van der Waals surface area contributed by atoms with E-state index in [9.17, 15) is 23.3 Å². The van der Waals surface area contributed by atoms with Gasteiger partial charge in [0, 0.05) is 37.1 Å². The predicted molar refractivity (Wildman–Crippen MR) is 108 cm³/mol. The number of nitrogens with one attached hydrogen (secondary N) is 2. The summed E-state index contributed by atoms with van der Waals surface area (Å²) < 4.78 is 28.4. The third kappa shape index (κ3) is 5.62. The zero-order valence-electron chi connectivity index (χ0n) is 15.1. The number of nitro benzene ring substituents is 1. The molecule has 11 heteroatoms. The number of fused-ring (bicyclic) bond motifs is 1. The number of nitrogens with zero attached hydrogens (tertiary/aromatic N) is 3. The van der Waals surface area contributed by atoms with Gasteiger partial charge in [-0.15, -0.1) is 0 Å². The SMILES string of the molecule is O=C(/C=C/c1ccc([N+](=O)[O-])cc1)NCCS(=O)(=O)Nc1ccn2nccc2c1. The van der Waals surface area contributed by atoms with Crippen molar-refractivity contribution in [2.45, 2.75) is 0 Å². The predicted octanol–water partition coefficient (Wildman–Crippen LogP) is 1.81. The molecule has 2 N–H and O–H groups in total. The number of amides is 1. The summed E-state index contributed by atoms with van der Waals surface area (Å²) in [5.41, 5.74) is 1.71. The average Bonchev–Trinajstić information content (AvgIpc) is 3.14. The van der Waals surface area contributed by atoms with Crippen LogP contribution in [0.2, 0.25) is 0 Å². The molecule has 1 amide bonds. The Bertz CT molecular complexity index is 1170. The number of hydrogen-bond donors (Lipinski definition) is 2. The molecule has 0 unspecified atom stereocenters. The van der Waals surface area contributed by atoms with Gasteiger partial charge in [0.15, 0.2) is 0 Å². The second-order valence-electron chi connectivity index (χ2n) is 6.01. The number of benzene rings is 1. The molecule has 0 aliphatic heterocycles. The van der Waals surface area contributed by atoms with Crippen LogP contribution in [-0.4, -0.2) is 41.2 Å². The van der Waals surface area contributed by atoms with Gasteiger partial charge in [0.25, 0.3) is 5.69 Å². The van der Waals surface area contributed by atoms with E-state index in [2.05, 4.69) is 15.1 Å². The van der Waals surface area contributed by atoms with E-state index in [-0.39, 0.29) is 18.0 Å². The van der Waals surface area contributed by atoms with Crippen LogP contribution in [0.3, 0.4) is 0 Å². The van der Waals surface area contributed by atoms with Gasteiger partial charge < -0.3 is 5.32 Å². The standard InChI is InChI=1S/C18H17N5O5S/c24-18(6-3-14-1-4-16(5-2-14)23(25)26)19-10-12-29(27,28)21-15-8-11-22-17(13-15)7-9-20-22/h1-9,11,13,21H,10,12H2,(H,19,24)/b6-3+. The van der Waals surface area contributed by atoms with Gasteiger partial charge >= 0.3 is 0 Å². The van der Waals surface area contributed by atoms with Crippen LogP contribution < -0.4 is 10.0 Å². The number of sulfonamides is 1. The number of anilines is 1. The quantitative estimate of drug-likeness (QED) is 0.327. The summed E-state index contributed by atoms with van der Waals surface area (Å²) in [5.74, 6) is -0.770. The number of carbonyl (C=O) groups is 1. The molecular formula is C18H17N5O5S. The summed E-state index contributed by atoms with van der Waals surface area (Å²) in [6, 6.07) is 10.7. The van der Waals surface area contributed by atoms with E-state index in [1.165, 1.54) is 36.4 Å². The molecule has 29 heavy (non-hydrogen) atoms. The van der Waals surface area contributed by atoms with Crippen LogP contribution >= 0.6 is 0 Å². The number of non-ortho nitro benzene ring substituents is 1. The first kappa shape index (κ1) is 20.0. The van der Waals surface area contributed by atoms with E-state index in [0.717, 1.165) is 5.52 Å². The van der Waals surface area contributed by atoms with Gasteiger partial charge in [-0.25, -0.2) is 12.9 Å². The summed E-state index contributed by atoms with van der Waals surface area (Å²) >= 11 is 0. The fourth-order valence-electron chi connectivity index (χ4n) is 2.46. The minimum Gasteiger partial charge on any atom is -0.351 e. The molecule has 0 atom stereocenters. The summed E-state index contributed by atoms with van der Waals surface area (Å²) in [7, 11) is -3.64. The Hall–Kier alpha value is -3.73. The minimum absolute atomic E-state index is 0.0447. The van der Waals surface area contributed by atoms with Crippen LogP contribution in [0.25, 0.3) is 11.6 Å². The molecule has 2 heterocycles. The lowest BCUT2D eigenvalue weighted by Gasteiger charge is -2.08. The van der Waals surface area contributed by atoms with Gasteiger partial charge in [0.1, 0.15) is 0 Å². The molecule has 3 aromatic rings.